The van der Waals surface area contributed by atoms with Crippen LogP contribution in [0.1, 0.15) is 20.3 Å². The molecular weight excluding hydrogens is 270 g/mol. The van der Waals surface area contributed by atoms with Crippen molar-refractivity contribution in [2.45, 2.75) is 26.3 Å². The van der Waals surface area contributed by atoms with Gasteiger partial charge in [-0.3, -0.25) is 0 Å². The quantitative estimate of drug-likeness (QED) is 0.707. The van der Waals surface area contributed by atoms with Crippen LogP contribution in [0.2, 0.25) is 0 Å². The lowest BCUT2D eigenvalue weighted by molar-refractivity contribution is 0.664. The molecule has 1 unspecified atom stereocenters. The Morgan fingerprint density at radius 1 is 1.09 bits per heavy atom. The Morgan fingerprint density at radius 2 is 1.91 bits per heavy atom. The number of hydrogen-bond donors (Lipinski definition) is 0. The minimum absolute atomic E-state index is 0.507. The van der Waals surface area contributed by atoms with Crippen LogP contribution >= 0.6 is 0 Å². The molecule has 0 aliphatic rings. The number of aromatic nitrogens is 2. The molecule has 0 saturated carbocycles. The van der Waals surface area contributed by atoms with Crippen molar-refractivity contribution in [2.75, 3.05) is 11.9 Å². The molecule has 0 aliphatic carbocycles. The molecular formula is C19H21N3. The summed E-state index contributed by atoms with van der Waals surface area (Å²) >= 11 is 0. The second-order valence-electron chi connectivity index (χ2n) is 5.67. The Labute approximate surface area is 131 Å². The first kappa shape index (κ1) is 14.5. The van der Waals surface area contributed by atoms with Gasteiger partial charge in [-0.15, -0.1) is 0 Å². The van der Waals surface area contributed by atoms with Crippen molar-refractivity contribution in [1.82, 2.24) is 9.97 Å². The van der Waals surface area contributed by atoms with E-state index in [4.69, 9.17) is 0 Å². The van der Waals surface area contributed by atoms with Crippen LogP contribution in [-0.2, 0) is 0 Å². The third-order valence-corrected chi connectivity index (χ3v) is 4.25. The Balaban J connectivity index is 2.00. The van der Waals surface area contributed by atoms with Crippen LogP contribution in [0.5, 0.6) is 0 Å². The Kier molecular flexibility index (Phi) is 4.05. The SMILES string of the molecule is CCC(C)N(C)c1cccc(-c2ncc3ccccc3n2)c1. The molecule has 0 aliphatic heterocycles. The molecule has 1 heterocycles. The minimum Gasteiger partial charge on any atom is -0.372 e. The summed E-state index contributed by atoms with van der Waals surface area (Å²) in [6.45, 7) is 4.44. The molecule has 112 valence electrons. The zero-order valence-electron chi connectivity index (χ0n) is 13.3. The lowest BCUT2D eigenvalue weighted by Gasteiger charge is -2.26. The van der Waals surface area contributed by atoms with Crippen LogP contribution in [0.4, 0.5) is 5.69 Å². The normalized spacial score (nSPS) is 12.3. The van der Waals surface area contributed by atoms with Crippen LogP contribution < -0.4 is 4.90 Å². The molecule has 3 nitrogen and oxygen atoms in total. The fourth-order valence-electron chi connectivity index (χ4n) is 2.50. The zero-order chi connectivity index (χ0) is 15.5. The van der Waals surface area contributed by atoms with E-state index < -0.39 is 0 Å². The first-order valence-corrected chi connectivity index (χ1v) is 7.74. The van der Waals surface area contributed by atoms with Gasteiger partial charge in [0.25, 0.3) is 0 Å². The lowest BCUT2D eigenvalue weighted by Crippen LogP contribution is -2.27. The Hall–Kier alpha value is -2.42. The third-order valence-electron chi connectivity index (χ3n) is 4.25. The smallest absolute Gasteiger partial charge is 0.159 e. The van der Waals surface area contributed by atoms with E-state index in [0.717, 1.165) is 28.7 Å². The predicted molar refractivity (Wildman–Crippen MR) is 93.1 cm³/mol. The molecule has 0 N–H and O–H groups in total. The van der Waals surface area contributed by atoms with Crippen LogP contribution in [0.3, 0.4) is 0 Å². The monoisotopic (exact) mass is 291 g/mol. The van der Waals surface area contributed by atoms with Crippen molar-refractivity contribution in [2.24, 2.45) is 0 Å². The first-order chi connectivity index (χ1) is 10.7. The fraction of sp³-hybridized carbons (Fsp3) is 0.263. The van der Waals surface area contributed by atoms with Crippen molar-refractivity contribution in [3.05, 3.63) is 54.7 Å². The molecule has 3 aromatic rings. The maximum atomic E-state index is 4.68. The van der Waals surface area contributed by atoms with E-state index in [0.29, 0.717) is 6.04 Å². The zero-order valence-corrected chi connectivity index (χ0v) is 13.3. The van der Waals surface area contributed by atoms with Crippen molar-refractivity contribution in [1.29, 1.82) is 0 Å². The lowest BCUT2D eigenvalue weighted by atomic mass is 10.1. The summed E-state index contributed by atoms with van der Waals surface area (Å²) in [5.41, 5.74) is 3.23. The van der Waals surface area contributed by atoms with E-state index in [-0.39, 0.29) is 0 Å². The molecule has 22 heavy (non-hydrogen) atoms. The van der Waals surface area contributed by atoms with Gasteiger partial charge in [0.15, 0.2) is 5.82 Å². The van der Waals surface area contributed by atoms with E-state index in [1.54, 1.807) is 0 Å². The average molecular weight is 291 g/mol. The summed E-state index contributed by atoms with van der Waals surface area (Å²) < 4.78 is 0. The highest BCUT2D eigenvalue weighted by Gasteiger charge is 2.10. The average Bonchev–Trinajstić information content (AvgIpc) is 2.60. The van der Waals surface area contributed by atoms with E-state index in [1.807, 2.05) is 30.5 Å². The second kappa shape index (κ2) is 6.14. The van der Waals surface area contributed by atoms with Gasteiger partial charge in [-0.05, 0) is 31.5 Å². The molecule has 2 aromatic carbocycles. The molecule has 0 fully saturated rings. The summed E-state index contributed by atoms with van der Waals surface area (Å²) in [5, 5.41) is 1.07. The van der Waals surface area contributed by atoms with Crippen molar-refractivity contribution >= 4 is 16.6 Å². The molecule has 0 amide bonds. The summed E-state index contributed by atoms with van der Waals surface area (Å²) in [4.78, 5) is 11.5. The predicted octanol–water partition coefficient (Wildman–Crippen LogP) is 4.53. The number of nitrogens with zero attached hydrogens (tertiary/aromatic N) is 3. The highest BCUT2D eigenvalue weighted by molar-refractivity contribution is 5.79. The largest absolute Gasteiger partial charge is 0.372 e. The minimum atomic E-state index is 0.507. The van der Waals surface area contributed by atoms with Crippen LogP contribution in [0.25, 0.3) is 22.3 Å². The maximum Gasteiger partial charge on any atom is 0.159 e. The van der Waals surface area contributed by atoms with Gasteiger partial charge in [0, 0.05) is 35.9 Å². The molecule has 1 atom stereocenters. The summed E-state index contributed by atoms with van der Waals surface area (Å²) in [7, 11) is 2.13. The summed E-state index contributed by atoms with van der Waals surface area (Å²) in [6, 6.07) is 17.0. The van der Waals surface area contributed by atoms with Crippen molar-refractivity contribution in [3.8, 4) is 11.4 Å². The van der Waals surface area contributed by atoms with Gasteiger partial charge in [0.1, 0.15) is 0 Å². The molecule has 0 spiro atoms. The van der Waals surface area contributed by atoms with Gasteiger partial charge >= 0.3 is 0 Å². The number of benzene rings is 2. The number of anilines is 1. The second-order valence-corrected chi connectivity index (χ2v) is 5.67. The van der Waals surface area contributed by atoms with Crippen molar-refractivity contribution < 1.29 is 0 Å². The topological polar surface area (TPSA) is 29.0 Å². The molecule has 0 radical (unpaired) electrons. The Morgan fingerprint density at radius 3 is 2.73 bits per heavy atom. The Bertz CT molecular complexity index is 782. The van der Waals surface area contributed by atoms with Gasteiger partial charge in [0.2, 0.25) is 0 Å². The van der Waals surface area contributed by atoms with Gasteiger partial charge in [-0.2, -0.15) is 0 Å². The van der Waals surface area contributed by atoms with E-state index in [2.05, 4.69) is 60.0 Å². The third kappa shape index (κ3) is 2.80. The van der Waals surface area contributed by atoms with Gasteiger partial charge in [0.05, 0.1) is 5.52 Å². The van der Waals surface area contributed by atoms with Crippen LogP contribution in [0, 0.1) is 0 Å². The fourth-order valence-corrected chi connectivity index (χ4v) is 2.50. The van der Waals surface area contributed by atoms with Gasteiger partial charge < -0.3 is 4.90 Å². The highest BCUT2D eigenvalue weighted by Crippen LogP contribution is 2.24. The molecule has 3 heteroatoms. The van der Waals surface area contributed by atoms with Gasteiger partial charge in [-0.1, -0.05) is 37.3 Å². The number of fused-ring (bicyclic) bond motifs is 1. The first-order valence-electron chi connectivity index (χ1n) is 7.74. The molecule has 3 rings (SSSR count). The number of hydrogen-bond acceptors (Lipinski definition) is 3. The van der Waals surface area contributed by atoms with Crippen LogP contribution in [0.15, 0.2) is 54.7 Å². The number of rotatable bonds is 4. The van der Waals surface area contributed by atoms with E-state index in [9.17, 15) is 0 Å². The molecule has 0 bridgehead atoms. The summed E-state index contributed by atoms with van der Waals surface area (Å²) in [6.07, 6.45) is 3.01. The van der Waals surface area contributed by atoms with Gasteiger partial charge in [-0.25, -0.2) is 9.97 Å². The maximum absolute atomic E-state index is 4.68. The molecule has 0 saturated heterocycles. The van der Waals surface area contributed by atoms with Crippen molar-refractivity contribution in [3.63, 3.8) is 0 Å². The molecule has 1 aromatic heterocycles. The van der Waals surface area contributed by atoms with E-state index in [1.165, 1.54) is 5.69 Å². The summed E-state index contributed by atoms with van der Waals surface area (Å²) in [5.74, 6) is 0.776. The number of para-hydroxylation sites is 1. The van der Waals surface area contributed by atoms with Crippen LogP contribution in [-0.4, -0.2) is 23.1 Å². The standard InChI is InChI=1S/C19H21N3/c1-4-14(2)22(3)17-10-7-9-15(12-17)19-20-13-16-8-5-6-11-18(16)21-19/h5-14H,4H2,1-3H3. The van der Waals surface area contributed by atoms with E-state index >= 15 is 0 Å². The highest BCUT2D eigenvalue weighted by atomic mass is 15.1.